The van der Waals surface area contributed by atoms with Gasteiger partial charge in [-0.2, -0.15) is 0 Å². The van der Waals surface area contributed by atoms with E-state index >= 15 is 0 Å². The van der Waals surface area contributed by atoms with Crippen LogP contribution in [0.15, 0.2) is 18.2 Å². The molecule has 0 amide bonds. The number of benzene rings is 1. The Labute approximate surface area is 139 Å². The van der Waals surface area contributed by atoms with Crippen LogP contribution in [0.2, 0.25) is 5.02 Å². The first kappa shape index (κ1) is 15.3. The van der Waals surface area contributed by atoms with E-state index < -0.39 is 0 Å². The Morgan fingerprint density at radius 3 is 2.59 bits per heavy atom. The standard InChI is InChI=1S/C14H17ClN4O2S/c15-10-1-4-12(13(9-10)19(20)21)17-5-7-18(8-6-17)14(22)16-11-2-3-11/h1,4,9,11H,2-3,5-8H2,(H,16,22). The van der Waals surface area contributed by atoms with Crippen molar-refractivity contribution >= 4 is 40.3 Å². The van der Waals surface area contributed by atoms with E-state index in [-0.39, 0.29) is 10.6 Å². The van der Waals surface area contributed by atoms with Crippen molar-refractivity contribution in [1.29, 1.82) is 0 Å². The SMILES string of the molecule is O=[N+]([O-])c1cc(Cl)ccc1N1CCN(C(=S)NC2CC2)CC1. The van der Waals surface area contributed by atoms with Gasteiger partial charge in [0, 0.05) is 43.3 Å². The van der Waals surface area contributed by atoms with Crippen LogP contribution in [-0.2, 0) is 0 Å². The first-order valence-corrected chi connectivity index (χ1v) is 8.07. The maximum absolute atomic E-state index is 11.2. The van der Waals surface area contributed by atoms with Gasteiger partial charge < -0.3 is 15.1 Å². The Hall–Kier alpha value is -1.60. The van der Waals surface area contributed by atoms with Gasteiger partial charge in [0.05, 0.1) is 4.92 Å². The van der Waals surface area contributed by atoms with Crippen molar-refractivity contribution in [3.05, 3.63) is 33.3 Å². The molecule has 0 atom stereocenters. The van der Waals surface area contributed by atoms with Crippen molar-refractivity contribution in [3.8, 4) is 0 Å². The molecule has 1 aromatic carbocycles. The van der Waals surface area contributed by atoms with Crippen LogP contribution in [0, 0.1) is 10.1 Å². The molecule has 1 aliphatic heterocycles. The number of rotatable bonds is 3. The average Bonchev–Trinajstić information content (AvgIpc) is 3.31. The predicted molar refractivity (Wildman–Crippen MR) is 90.6 cm³/mol. The molecule has 118 valence electrons. The third-order valence-electron chi connectivity index (χ3n) is 3.95. The van der Waals surface area contributed by atoms with Gasteiger partial charge >= 0.3 is 0 Å². The fourth-order valence-electron chi connectivity index (χ4n) is 2.55. The molecule has 3 rings (SSSR count). The van der Waals surface area contributed by atoms with E-state index in [2.05, 4.69) is 10.2 Å². The van der Waals surface area contributed by atoms with Crippen molar-refractivity contribution in [2.24, 2.45) is 0 Å². The Morgan fingerprint density at radius 2 is 2.00 bits per heavy atom. The number of piperazine rings is 1. The van der Waals surface area contributed by atoms with E-state index in [4.69, 9.17) is 23.8 Å². The summed E-state index contributed by atoms with van der Waals surface area (Å²) in [6, 6.07) is 5.36. The lowest BCUT2D eigenvalue weighted by molar-refractivity contribution is -0.384. The van der Waals surface area contributed by atoms with Crippen molar-refractivity contribution in [2.75, 3.05) is 31.1 Å². The number of nitro benzene ring substituents is 1. The molecule has 1 saturated carbocycles. The van der Waals surface area contributed by atoms with Crippen molar-refractivity contribution < 1.29 is 4.92 Å². The zero-order chi connectivity index (χ0) is 15.7. The maximum Gasteiger partial charge on any atom is 0.294 e. The quantitative estimate of drug-likeness (QED) is 0.518. The summed E-state index contributed by atoms with van der Waals surface area (Å²) in [7, 11) is 0. The first-order chi connectivity index (χ1) is 10.5. The lowest BCUT2D eigenvalue weighted by Crippen LogP contribution is -2.52. The first-order valence-electron chi connectivity index (χ1n) is 7.29. The van der Waals surface area contributed by atoms with Crippen LogP contribution in [0.3, 0.4) is 0 Å². The second-order valence-electron chi connectivity index (χ2n) is 5.59. The summed E-state index contributed by atoms with van der Waals surface area (Å²) in [5.41, 5.74) is 0.676. The molecule has 6 nitrogen and oxygen atoms in total. The number of anilines is 1. The van der Waals surface area contributed by atoms with Gasteiger partial charge in [0.25, 0.3) is 5.69 Å². The second-order valence-corrected chi connectivity index (χ2v) is 6.41. The second kappa shape index (κ2) is 6.26. The monoisotopic (exact) mass is 340 g/mol. The number of thiocarbonyl (C=S) groups is 1. The fourth-order valence-corrected chi connectivity index (χ4v) is 3.07. The Kier molecular flexibility index (Phi) is 4.35. The summed E-state index contributed by atoms with van der Waals surface area (Å²) in [4.78, 5) is 15.0. The molecule has 1 aliphatic carbocycles. The highest BCUT2D eigenvalue weighted by molar-refractivity contribution is 7.80. The van der Waals surface area contributed by atoms with Crippen molar-refractivity contribution in [2.45, 2.75) is 18.9 Å². The fraction of sp³-hybridized carbons (Fsp3) is 0.500. The van der Waals surface area contributed by atoms with E-state index in [1.807, 2.05) is 4.90 Å². The largest absolute Gasteiger partial charge is 0.362 e. The zero-order valence-corrected chi connectivity index (χ0v) is 13.6. The summed E-state index contributed by atoms with van der Waals surface area (Å²) in [5, 5.41) is 15.7. The normalized spacial score (nSPS) is 18.2. The van der Waals surface area contributed by atoms with Gasteiger partial charge in [-0.05, 0) is 37.2 Å². The van der Waals surface area contributed by atoms with Crippen molar-refractivity contribution in [1.82, 2.24) is 10.2 Å². The molecule has 2 aliphatic rings. The van der Waals surface area contributed by atoms with Crippen LogP contribution < -0.4 is 10.2 Å². The number of hydrogen-bond donors (Lipinski definition) is 1. The van der Waals surface area contributed by atoms with E-state index in [9.17, 15) is 10.1 Å². The van der Waals surface area contributed by atoms with Crippen LogP contribution in [0.5, 0.6) is 0 Å². The summed E-state index contributed by atoms with van der Waals surface area (Å²) in [6.45, 7) is 2.93. The third-order valence-corrected chi connectivity index (χ3v) is 4.56. The van der Waals surface area contributed by atoms with E-state index in [0.717, 1.165) is 18.2 Å². The van der Waals surface area contributed by atoms with Crippen LogP contribution in [0.4, 0.5) is 11.4 Å². The smallest absolute Gasteiger partial charge is 0.294 e. The lowest BCUT2D eigenvalue weighted by Gasteiger charge is -2.37. The average molecular weight is 341 g/mol. The summed E-state index contributed by atoms with van der Waals surface area (Å²) < 4.78 is 0. The van der Waals surface area contributed by atoms with Gasteiger partial charge in [-0.3, -0.25) is 10.1 Å². The minimum Gasteiger partial charge on any atom is -0.362 e. The minimum atomic E-state index is -0.382. The van der Waals surface area contributed by atoms with Crippen molar-refractivity contribution in [3.63, 3.8) is 0 Å². The van der Waals surface area contributed by atoms with Crippen LogP contribution in [-0.4, -0.2) is 47.2 Å². The lowest BCUT2D eigenvalue weighted by atomic mass is 10.2. The Balaban J connectivity index is 1.66. The predicted octanol–water partition coefficient (Wildman–Crippen LogP) is 2.41. The zero-order valence-electron chi connectivity index (χ0n) is 12.0. The summed E-state index contributed by atoms with van der Waals surface area (Å²) in [6.07, 6.45) is 2.38. The summed E-state index contributed by atoms with van der Waals surface area (Å²) in [5.74, 6) is 0. The number of hydrogen-bond acceptors (Lipinski definition) is 4. The van der Waals surface area contributed by atoms with Gasteiger partial charge in [0.15, 0.2) is 5.11 Å². The number of nitrogens with zero attached hydrogens (tertiary/aromatic N) is 3. The molecule has 0 aromatic heterocycles. The van der Waals surface area contributed by atoms with Crippen LogP contribution >= 0.6 is 23.8 Å². The third kappa shape index (κ3) is 3.41. The topological polar surface area (TPSA) is 61.7 Å². The van der Waals surface area contributed by atoms with Gasteiger partial charge in [-0.15, -0.1) is 0 Å². The summed E-state index contributed by atoms with van der Waals surface area (Å²) >= 11 is 11.3. The van der Waals surface area contributed by atoms with E-state index in [1.54, 1.807) is 12.1 Å². The number of nitro groups is 1. The van der Waals surface area contributed by atoms with Gasteiger partial charge in [0.1, 0.15) is 5.69 Å². The molecule has 1 saturated heterocycles. The molecule has 0 unspecified atom stereocenters. The highest BCUT2D eigenvalue weighted by Crippen LogP contribution is 2.31. The highest BCUT2D eigenvalue weighted by Gasteiger charge is 2.27. The Morgan fingerprint density at radius 1 is 1.32 bits per heavy atom. The number of halogens is 1. The van der Waals surface area contributed by atoms with Gasteiger partial charge in [-0.1, -0.05) is 11.6 Å². The molecule has 0 spiro atoms. The molecule has 1 heterocycles. The van der Waals surface area contributed by atoms with E-state index in [0.29, 0.717) is 29.8 Å². The number of nitrogens with one attached hydrogen (secondary N) is 1. The van der Waals surface area contributed by atoms with Gasteiger partial charge in [0.2, 0.25) is 0 Å². The minimum absolute atomic E-state index is 0.0552. The van der Waals surface area contributed by atoms with Crippen LogP contribution in [0.25, 0.3) is 0 Å². The molecular formula is C14H17ClN4O2S. The molecule has 2 fully saturated rings. The van der Waals surface area contributed by atoms with Gasteiger partial charge in [-0.25, -0.2) is 0 Å². The Bertz CT molecular complexity index is 601. The van der Waals surface area contributed by atoms with Crippen LogP contribution in [0.1, 0.15) is 12.8 Å². The molecule has 1 N–H and O–H groups in total. The molecule has 8 heteroatoms. The molecule has 0 bridgehead atoms. The molecule has 1 aromatic rings. The highest BCUT2D eigenvalue weighted by atomic mass is 35.5. The molecule has 0 radical (unpaired) electrons. The van der Waals surface area contributed by atoms with E-state index in [1.165, 1.54) is 18.9 Å². The molecular weight excluding hydrogens is 324 g/mol. The maximum atomic E-state index is 11.2. The molecule has 22 heavy (non-hydrogen) atoms.